The molecule has 0 radical (unpaired) electrons. The molecule has 0 aromatic heterocycles. The number of nitrogens with zero attached hydrogens (tertiary/aromatic N) is 1. The van der Waals surface area contributed by atoms with Crippen LogP contribution in [0.1, 0.15) is 12.0 Å². The van der Waals surface area contributed by atoms with Crippen LogP contribution in [0.2, 0.25) is 0 Å². The number of rotatable bonds is 7. The number of methoxy groups -OCH3 is 1. The zero-order valence-electron chi connectivity index (χ0n) is 15.6. The molecule has 2 aromatic rings. The van der Waals surface area contributed by atoms with Crippen molar-refractivity contribution in [2.24, 2.45) is 0 Å². The van der Waals surface area contributed by atoms with Gasteiger partial charge in [-0.3, -0.25) is 19.8 Å². The van der Waals surface area contributed by atoms with Gasteiger partial charge in [0.1, 0.15) is 17.5 Å². The molecule has 0 spiro atoms. The van der Waals surface area contributed by atoms with Gasteiger partial charge in [-0.15, -0.1) is 0 Å². The van der Waals surface area contributed by atoms with Crippen molar-refractivity contribution < 1.29 is 23.9 Å². The van der Waals surface area contributed by atoms with Crippen LogP contribution in [-0.4, -0.2) is 37.5 Å². The Kier molecular flexibility index (Phi) is 5.90. The highest BCUT2D eigenvalue weighted by Gasteiger charge is 2.39. The maximum Gasteiger partial charge on any atom is 0.272 e. The first-order chi connectivity index (χ1) is 13.5. The minimum absolute atomic E-state index is 0.0354. The first-order valence-corrected chi connectivity index (χ1v) is 8.72. The molecule has 146 valence electrons. The molecule has 1 atom stereocenters. The maximum absolute atomic E-state index is 12.5. The van der Waals surface area contributed by atoms with Crippen molar-refractivity contribution >= 4 is 23.4 Å². The number of benzene rings is 2. The largest absolute Gasteiger partial charge is 0.497 e. The van der Waals surface area contributed by atoms with Gasteiger partial charge >= 0.3 is 0 Å². The van der Waals surface area contributed by atoms with Crippen LogP contribution in [0.15, 0.2) is 48.5 Å². The van der Waals surface area contributed by atoms with E-state index in [1.54, 1.807) is 43.5 Å². The van der Waals surface area contributed by atoms with Crippen molar-refractivity contribution in [3.63, 3.8) is 0 Å². The van der Waals surface area contributed by atoms with Gasteiger partial charge < -0.3 is 9.47 Å². The van der Waals surface area contributed by atoms with Gasteiger partial charge in [0.15, 0.2) is 6.61 Å². The van der Waals surface area contributed by atoms with Crippen LogP contribution in [0, 0.1) is 6.92 Å². The van der Waals surface area contributed by atoms with Crippen LogP contribution < -0.4 is 25.2 Å². The number of hydrazine groups is 1. The molecule has 1 aliphatic rings. The molecule has 8 nitrogen and oxygen atoms in total. The van der Waals surface area contributed by atoms with E-state index in [-0.39, 0.29) is 18.9 Å². The highest BCUT2D eigenvalue weighted by atomic mass is 16.5. The second-order valence-corrected chi connectivity index (χ2v) is 6.32. The van der Waals surface area contributed by atoms with Crippen molar-refractivity contribution in [3.8, 4) is 11.5 Å². The average Bonchev–Trinajstić information content (AvgIpc) is 2.99. The predicted molar refractivity (Wildman–Crippen MR) is 102 cm³/mol. The molecule has 1 saturated heterocycles. The van der Waals surface area contributed by atoms with E-state index in [1.165, 1.54) is 0 Å². The molecular weight excluding hydrogens is 362 g/mol. The minimum atomic E-state index is -0.821. The standard InChI is InChI=1S/C20H21N3O5/c1-13-3-5-14(6-4-13)23-19(25)11-17(20(23)26)21-22-18(24)12-28-16-9-7-15(27-2)8-10-16/h3-10,17,21H,11-12H2,1-2H3,(H,22,24). The molecule has 0 saturated carbocycles. The van der Waals surface area contributed by atoms with Gasteiger partial charge in [0.2, 0.25) is 5.91 Å². The maximum atomic E-state index is 12.5. The van der Waals surface area contributed by atoms with Gasteiger partial charge in [0.25, 0.3) is 11.8 Å². The second-order valence-electron chi connectivity index (χ2n) is 6.32. The van der Waals surface area contributed by atoms with E-state index in [0.717, 1.165) is 10.5 Å². The molecule has 8 heteroatoms. The summed E-state index contributed by atoms with van der Waals surface area (Å²) in [6.07, 6.45) is -0.0354. The van der Waals surface area contributed by atoms with Gasteiger partial charge in [-0.2, -0.15) is 0 Å². The Morgan fingerprint density at radius 1 is 1.07 bits per heavy atom. The van der Waals surface area contributed by atoms with E-state index < -0.39 is 17.9 Å². The van der Waals surface area contributed by atoms with Crippen molar-refractivity contribution in [2.75, 3.05) is 18.6 Å². The number of ether oxygens (including phenoxy) is 2. The lowest BCUT2D eigenvalue weighted by molar-refractivity contribution is -0.125. The first-order valence-electron chi connectivity index (χ1n) is 8.72. The van der Waals surface area contributed by atoms with Crippen molar-refractivity contribution in [1.82, 2.24) is 10.9 Å². The van der Waals surface area contributed by atoms with E-state index >= 15 is 0 Å². The quantitative estimate of drug-likeness (QED) is 0.553. The number of hydrogen-bond acceptors (Lipinski definition) is 6. The normalized spacial score (nSPS) is 16.2. The fraction of sp³-hybridized carbons (Fsp3) is 0.250. The summed E-state index contributed by atoms with van der Waals surface area (Å²) in [5.41, 5.74) is 6.57. The van der Waals surface area contributed by atoms with Crippen LogP contribution in [-0.2, 0) is 14.4 Å². The van der Waals surface area contributed by atoms with E-state index in [1.807, 2.05) is 19.1 Å². The Morgan fingerprint density at radius 2 is 1.71 bits per heavy atom. The van der Waals surface area contributed by atoms with Crippen LogP contribution in [0.5, 0.6) is 11.5 Å². The molecule has 1 heterocycles. The van der Waals surface area contributed by atoms with E-state index in [4.69, 9.17) is 9.47 Å². The third kappa shape index (κ3) is 4.47. The molecule has 0 bridgehead atoms. The summed E-state index contributed by atoms with van der Waals surface area (Å²) >= 11 is 0. The smallest absolute Gasteiger partial charge is 0.272 e. The van der Waals surface area contributed by atoms with E-state index in [0.29, 0.717) is 17.2 Å². The Bertz CT molecular complexity index is 864. The fourth-order valence-corrected chi connectivity index (χ4v) is 2.73. The van der Waals surface area contributed by atoms with Crippen molar-refractivity contribution in [2.45, 2.75) is 19.4 Å². The summed E-state index contributed by atoms with van der Waals surface area (Å²) in [7, 11) is 1.56. The minimum Gasteiger partial charge on any atom is -0.497 e. The summed E-state index contributed by atoms with van der Waals surface area (Å²) in [4.78, 5) is 37.8. The zero-order chi connectivity index (χ0) is 20.1. The van der Waals surface area contributed by atoms with Crippen LogP contribution >= 0.6 is 0 Å². The molecule has 0 aliphatic carbocycles. The molecule has 1 aliphatic heterocycles. The molecule has 28 heavy (non-hydrogen) atoms. The number of amides is 3. The van der Waals surface area contributed by atoms with Crippen molar-refractivity contribution in [3.05, 3.63) is 54.1 Å². The highest BCUT2D eigenvalue weighted by molar-refractivity contribution is 6.22. The number of aryl methyl sites for hydroxylation is 1. The zero-order valence-corrected chi connectivity index (χ0v) is 15.6. The van der Waals surface area contributed by atoms with Gasteiger partial charge in [-0.25, -0.2) is 10.3 Å². The Balaban J connectivity index is 1.50. The molecule has 2 N–H and O–H groups in total. The lowest BCUT2D eigenvalue weighted by atomic mass is 10.2. The summed E-state index contributed by atoms with van der Waals surface area (Å²) in [6, 6.07) is 13.1. The summed E-state index contributed by atoms with van der Waals surface area (Å²) in [5, 5.41) is 0. The lowest BCUT2D eigenvalue weighted by Gasteiger charge is -2.16. The Labute approximate surface area is 162 Å². The average molecular weight is 383 g/mol. The number of anilines is 1. The monoisotopic (exact) mass is 383 g/mol. The summed E-state index contributed by atoms with van der Waals surface area (Å²) in [5.74, 6) is -0.0141. The van der Waals surface area contributed by atoms with E-state index in [2.05, 4.69) is 10.9 Å². The number of nitrogens with one attached hydrogen (secondary N) is 2. The second kappa shape index (κ2) is 8.53. The third-order valence-corrected chi connectivity index (χ3v) is 4.25. The van der Waals surface area contributed by atoms with Gasteiger partial charge in [-0.1, -0.05) is 17.7 Å². The van der Waals surface area contributed by atoms with Crippen molar-refractivity contribution in [1.29, 1.82) is 0 Å². The van der Waals surface area contributed by atoms with Crippen LogP contribution in [0.25, 0.3) is 0 Å². The molecule has 3 rings (SSSR count). The number of carbonyl (C=O) groups is 3. The van der Waals surface area contributed by atoms with E-state index in [9.17, 15) is 14.4 Å². The SMILES string of the molecule is COc1ccc(OCC(=O)NNC2CC(=O)N(c3ccc(C)cc3)C2=O)cc1. The van der Waals surface area contributed by atoms with Crippen LogP contribution in [0.4, 0.5) is 5.69 Å². The molecule has 2 aromatic carbocycles. The number of imide groups is 1. The Hall–Kier alpha value is -3.39. The number of carbonyl (C=O) groups excluding carboxylic acids is 3. The van der Waals surface area contributed by atoms with Gasteiger partial charge in [0, 0.05) is 0 Å². The number of hydrogen-bond donors (Lipinski definition) is 2. The molecule has 1 unspecified atom stereocenters. The highest BCUT2D eigenvalue weighted by Crippen LogP contribution is 2.23. The summed E-state index contributed by atoms with van der Waals surface area (Å²) in [6.45, 7) is 1.68. The third-order valence-electron chi connectivity index (χ3n) is 4.25. The van der Waals surface area contributed by atoms with Gasteiger partial charge in [-0.05, 0) is 43.3 Å². The van der Waals surface area contributed by atoms with Crippen LogP contribution in [0.3, 0.4) is 0 Å². The first kappa shape index (κ1) is 19.4. The van der Waals surface area contributed by atoms with Gasteiger partial charge in [0.05, 0.1) is 19.2 Å². The molecule has 1 fully saturated rings. The lowest BCUT2D eigenvalue weighted by Crippen LogP contribution is -2.49. The topological polar surface area (TPSA) is 97.0 Å². The molecular formula is C20H21N3O5. The fourth-order valence-electron chi connectivity index (χ4n) is 2.73. The Morgan fingerprint density at radius 3 is 2.36 bits per heavy atom. The predicted octanol–water partition coefficient (Wildman–Crippen LogP) is 1.34. The molecule has 3 amide bonds. The summed E-state index contributed by atoms with van der Waals surface area (Å²) < 4.78 is 10.4.